The number of amides is 1. The number of carbonyl (C=O) groups excluding carboxylic acids is 1. The van der Waals surface area contributed by atoms with E-state index in [1.54, 1.807) is 7.11 Å². The van der Waals surface area contributed by atoms with Gasteiger partial charge in [-0.1, -0.05) is 34.1 Å². The average molecular weight is 377 g/mol. The van der Waals surface area contributed by atoms with Crippen molar-refractivity contribution in [3.05, 3.63) is 58.6 Å². The Kier molecular flexibility index (Phi) is 6.94. The van der Waals surface area contributed by atoms with Gasteiger partial charge in [-0.25, -0.2) is 0 Å². The Hall–Kier alpha value is -2.01. The van der Waals surface area contributed by atoms with Crippen LogP contribution in [-0.4, -0.2) is 26.1 Å². The molecule has 2 rings (SSSR count). The number of hydrogen-bond acceptors (Lipinski definition) is 3. The summed E-state index contributed by atoms with van der Waals surface area (Å²) in [6, 6.07) is 15.8. The Bertz CT molecular complexity index is 646. The normalized spacial score (nSPS) is 10.2. The number of anilines is 1. The van der Waals surface area contributed by atoms with Gasteiger partial charge in [0, 0.05) is 29.7 Å². The lowest BCUT2D eigenvalue weighted by Gasteiger charge is -2.08. The number of hydrogen-bond donors (Lipinski definition) is 2. The van der Waals surface area contributed by atoms with Crippen molar-refractivity contribution in [3.8, 4) is 5.75 Å². The molecule has 0 saturated heterocycles. The fraction of sp³-hybridized carbons (Fsp3) is 0.278. The van der Waals surface area contributed by atoms with Crippen LogP contribution in [0, 0.1) is 0 Å². The molecule has 0 aliphatic rings. The summed E-state index contributed by atoms with van der Waals surface area (Å²) in [4.78, 5) is 11.8. The van der Waals surface area contributed by atoms with Gasteiger partial charge in [-0.2, -0.15) is 0 Å². The molecule has 2 N–H and O–H groups in total. The van der Waals surface area contributed by atoms with E-state index in [4.69, 9.17) is 4.74 Å². The van der Waals surface area contributed by atoms with Crippen LogP contribution in [0.5, 0.6) is 5.75 Å². The Morgan fingerprint density at radius 1 is 1.13 bits per heavy atom. The third-order valence-corrected chi connectivity index (χ3v) is 3.87. The molecule has 1 amide bonds. The first kappa shape index (κ1) is 17.3. The van der Waals surface area contributed by atoms with Crippen molar-refractivity contribution < 1.29 is 9.53 Å². The van der Waals surface area contributed by atoms with Crippen LogP contribution in [0.3, 0.4) is 0 Å². The molecule has 0 radical (unpaired) electrons. The van der Waals surface area contributed by atoms with Gasteiger partial charge in [0.15, 0.2) is 0 Å². The minimum absolute atomic E-state index is 0.0513. The highest BCUT2D eigenvalue weighted by molar-refractivity contribution is 9.10. The Labute approximate surface area is 145 Å². The number of rotatable bonds is 8. The highest BCUT2D eigenvalue weighted by Crippen LogP contribution is 2.15. The number of benzene rings is 2. The predicted molar refractivity (Wildman–Crippen MR) is 97.0 cm³/mol. The van der Waals surface area contributed by atoms with Crippen molar-refractivity contribution in [3.63, 3.8) is 0 Å². The van der Waals surface area contributed by atoms with E-state index in [0.717, 1.165) is 27.9 Å². The monoisotopic (exact) mass is 376 g/mol. The van der Waals surface area contributed by atoms with Gasteiger partial charge in [0.05, 0.1) is 7.11 Å². The van der Waals surface area contributed by atoms with Crippen LogP contribution in [0.15, 0.2) is 53.0 Å². The van der Waals surface area contributed by atoms with Gasteiger partial charge >= 0.3 is 0 Å². The van der Waals surface area contributed by atoms with E-state index >= 15 is 0 Å². The SMILES string of the molecule is COc1cccc(CCNC(=O)CCNc2cccc(Br)c2)c1. The molecule has 122 valence electrons. The second-order valence-corrected chi connectivity index (χ2v) is 6.05. The maximum atomic E-state index is 11.8. The first-order valence-electron chi connectivity index (χ1n) is 7.56. The molecule has 5 heteroatoms. The molecular weight excluding hydrogens is 356 g/mol. The van der Waals surface area contributed by atoms with E-state index in [-0.39, 0.29) is 5.91 Å². The fourth-order valence-electron chi connectivity index (χ4n) is 2.18. The molecule has 0 unspecified atom stereocenters. The molecule has 0 aromatic heterocycles. The molecule has 23 heavy (non-hydrogen) atoms. The minimum Gasteiger partial charge on any atom is -0.497 e. The lowest BCUT2D eigenvalue weighted by Crippen LogP contribution is -2.27. The number of nitrogens with one attached hydrogen (secondary N) is 2. The van der Waals surface area contributed by atoms with Crippen LogP contribution in [0.25, 0.3) is 0 Å². The highest BCUT2D eigenvalue weighted by Gasteiger charge is 2.02. The molecule has 0 aliphatic heterocycles. The third kappa shape index (κ3) is 6.32. The van der Waals surface area contributed by atoms with E-state index in [0.29, 0.717) is 19.5 Å². The molecule has 2 aromatic rings. The smallest absolute Gasteiger partial charge is 0.221 e. The van der Waals surface area contributed by atoms with Gasteiger partial charge in [-0.15, -0.1) is 0 Å². The van der Waals surface area contributed by atoms with E-state index in [2.05, 4.69) is 26.6 Å². The zero-order valence-corrected chi connectivity index (χ0v) is 14.7. The molecule has 0 heterocycles. The van der Waals surface area contributed by atoms with Gasteiger partial charge < -0.3 is 15.4 Å². The maximum Gasteiger partial charge on any atom is 0.221 e. The summed E-state index contributed by atoms with van der Waals surface area (Å²) >= 11 is 3.42. The minimum atomic E-state index is 0.0513. The lowest BCUT2D eigenvalue weighted by molar-refractivity contribution is -0.120. The van der Waals surface area contributed by atoms with E-state index in [1.165, 1.54) is 0 Å². The molecule has 0 fully saturated rings. The topological polar surface area (TPSA) is 50.4 Å². The van der Waals surface area contributed by atoms with Crippen LogP contribution in [0.4, 0.5) is 5.69 Å². The van der Waals surface area contributed by atoms with Gasteiger partial charge in [-0.05, 0) is 42.3 Å². The van der Waals surface area contributed by atoms with Gasteiger partial charge in [0.1, 0.15) is 5.75 Å². The van der Waals surface area contributed by atoms with Crippen LogP contribution in [-0.2, 0) is 11.2 Å². The summed E-state index contributed by atoms with van der Waals surface area (Å²) in [5.41, 5.74) is 2.15. The molecule has 0 bridgehead atoms. The number of ether oxygens (including phenoxy) is 1. The van der Waals surface area contributed by atoms with E-state index in [9.17, 15) is 4.79 Å². The average Bonchev–Trinajstić information content (AvgIpc) is 2.55. The third-order valence-electron chi connectivity index (χ3n) is 3.38. The Morgan fingerprint density at radius 2 is 1.96 bits per heavy atom. The van der Waals surface area contributed by atoms with Crippen molar-refractivity contribution in [2.24, 2.45) is 0 Å². The van der Waals surface area contributed by atoms with Crippen molar-refractivity contribution in [2.75, 3.05) is 25.5 Å². The second kappa shape index (κ2) is 9.20. The van der Waals surface area contributed by atoms with Crippen molar-refractivity contribution in [1.29, 1.82) is 0 Å². The number of halogens is 1. The summed E-state index contributed by atoms with van der Waals surface area (Å²) in [6.45, 7) is 1.24. The van der Waals surface area contributed by atoms with Crippen molar-refractivity contribution in [1.82, 2.24) is 5.32 Å². The van der Waals surface area contributed by atoms with Crippen molar-refractivity contribution in [2.45, 2.75) is 12.8 Å². The molecule has 2 aromatic carbocycles. The van der Waals surface area contributed by atoms with Crippen LogP contribution in [0.2, 0.25) is 0 Å². The van der Waals surface area contributed by atoms with Crippen LogP contribution in [0.1, 0.15) is 12.0 Å². The Morgan fingerprint density at radius 3 is 2.74 bits per heavy atom. The molecule has 0 aliphatic carbocycles. The fourth-order valence-corrected chi connectivity index (χ4v) is 2.58. The first-order valence-corrected chi connectivity index (χ1v) is 8.36. The maximum absolute atomic E-state index is 11.8. The van der Waals surface area contributed by atoms with E-state index < -0.39 is 0 Å². The molecule has 0 saturated carbocycles. The van der Waals surface area contributed by atoms with Crippen LogP contribution >= 0.6 is 15.9 Å². The van der Waals surface area contributed by atoms with Crippen molar-refractivity contribution >= 4 is 27.5 Å². The second-order valence-electron chi connectivity index (χ2n) is 5.14. The number of methoxy groups -OCH3 is 1. The van der Waals surface area contributed by atoms with Crippen LogP contribution < -0.4 is 15.4 Å². The molecule has 0 spiro atoms. The zero-order valence-electron chi connectivity index (χ0n) is 13.1. The number of carbonyl (C=O) groups is 1. The van der Waals surface area contributed by atoms with Gasteiger partial charge in [-0.3, -0.25) is 4.79 Å². The molecule has 0 atom stereocenters. The quantitative estimate of drug-likeness (QED) is 0.739. The standard InChI is InChI=1S/C18H21BrN2O2/c1-23-17-7-2-4-14(12-17)8-10-21-18(22)9-11-20-16-6-3-5-15(19)13-16/h2-7,12-13,20H,8-11H2,1H3,(H,21,22). The summed E-state index contributed by atoms with van der Waals surface area (Å²) in [5, 5.41) is 6.17. The zero-order chi connectivity index (χ0) is 16.5. The highest BCUT2D eigenvalue weighted by atomic mass is 79.9. The molecular formula is C18H21BrN2O2. The summed E-state index contributed by atoms with van der Waals surface area (Å²) < 4.78 is 6.21. The summed E-state index contributed by atoms with van der Waals surface area (Å²) in [6.07, 6.45) is 1.24. The predicted octanol–water partition coefficient (Wildman–Crippen LogP) is 3.62. The molecule has 4 nitrogen and oxygen atoms in total. The van der Waals surface area contributed by atoms with Gasteiger partial charge in [0.25, 0.3) is 0 Å². The van der Waals surface area contributed by atoms with Gasteiger partial charge in [0.2, 0.25) is 5.91 Å². The summed E-state index contributed by atoms with van der Waals surface area (Å²) in [7, 11) is 1.65. The Balaban J connectivity index is 1.65. The lowest BCUT2D eigenvalue weighted by atomic mass is 10.1. The largest absolute Gasteiger partial charge is 0.497 e. The first-order chi connectivity index (χ1) is 11.2. The summed E-state index contributed by atoms with van der Waals surface area (Å²) in [5.74, 6) is 0.891. The van der Waals surface area contributed by atoms with E-state index in [1.807, 2.05) is 48.5 Å².